The van der Waals surface area contributed by atoms with Gasteiger partial charge in [-0.05, 0) is 38.1 Å². The van der Waals surface area contributed by atoms with Gasteiger partial charge in [0.25, 0.3) is 5.91 Å². The Morgan fingerprint density at radius 1 is 0.923 bits per heavy atom. The van der Waals surface area contributed by atoms with Gasteiger partial charge in [0.15, 0.2) is 0 Å². The van der Waals surface area contributed by atoms with E-state index in [1.165, 1.54) is 6.07 Å². The topological polar surface area (TPSA) is 64.1 Å². The average Bonchev–Trinajstić information content (AvgIpc) is 2.59. The number of aryl methyl sites for hydroxylation is 2. The summed E-state index contributed by atoms with van der Waals surface area (Å²) in [6.07, 6.45) is 0. The van der Waals surface area contributed by atoms with Gasteiger partial charge in [-0.15, -0.1) is 0 Å². The summed E-state index contributed by atoms with van der Waals surface area (Å²) in [5, 5.41) is 2.47. The molecule has 0 aliphatic heterocycles. The molecule has 2 aromatic carbocycles. The second-order valence-corrected chi connectivity index (χ2v) is 5.52. The number of para-hydroxylation sites is 1. The van der Waals surface area contributed by atoms with Crippen LogP contribution in [0, 0.1) is 25.5 Å². The molecule has 26 heavy (non-hydrogen) atoms. The zero-order chi connectivity index (χ0) is 18.7. The number of nitrogens with one attached hydrogen (secondary N) is 1. The van der Waals surface area contributed by atoms with Crippen molar-refractivity contribution in [2.75, 3.05) is 5.32 Å². The first kappa shape index (κ1) is 17.5. The largest absolute Gasteiger partial charge is 0.424 e. The maximum absolute atomic E-state index is 13.8. The van der Waals surface area contributed by atoms with Crippen molar-refractivity contribution in [1.29, 1.82) is 0 Å². The number of rotatable bonds is 4. The molecule has 5 nitrogen and oxygen atoms in total. The Hall–Kier alpha value is -3.35. The minimum atomic E-state index is -0.942. The molecule has 3 rings (SSSR count). The molecule has 0 unspecified atom stereocenters. The standard InChI is InChI=1S/C19H15F2N3O2/c1-11-17(24-18(25)16-14(20)9-6-10-15(16)21)12(2)23-19(22-11)26-13-7-4-3-5-8-13/h3-10H,1-2H3,(H,24,25). The zero-order valence-corrected chi connectivity index (χ0v) is 14.1. The fourth-order valence-electron chi connectivity index (χ4n) is 2.40. The normalized spacial score (nSPS) is 10.5. The van der Waals surface area contributed by atoms with Crippen LogP contribution < -0.4 is 10.1 Å². The Balaban J connectivity index is 1.86. The SMILES string of the molecule is Cc1nc(Oc2ccccc2)nc(C)c1NC(=O)c1c(F)cccc1F. The highest BCUT2D eigenvalue weighted by atomic mass is 19.1. The monoisotopic (exact) mass is 355 g/mol. The van der Waals surface area contributed by atoms with Gasteiger partial charge in [-0.1, -0.05) is 24.3 Å². The Morgan fingerprint density at radius 3 is 2.08 bits per heavy atom. The van der Waals surface area contributed by atoms with Crippen LogP contribution in [-0.4, -0.2) is 15.9 Å². The summed E-state index contributed by atoms with van der Waals surface area (Å²) in [6, 6.07) is 12.3. The highest BCUT2D eigenvalue weighted by molar-refractivity contribution is 6.05. The summed E-state index contributed by atoms with van der Waals surface area (Å²) in [4.78, 5) is 20.6. The van der Waals surface area contributed by atoms with Gasteiger partial charge in [-0.2, -0.15) is 9.97 Å². The molecule has 0 saturated heterocycles. The third kappa shape index (κ3) is 3.66. The number of nitrogens with zero attached hydrogens (tertiary/aromatic N) is 2. The fraction of sp³-hybridized carbons (Fsp3) is 0.105. The van der Waals surface area contributed by atoms with E-state index >= 15 is 0 Å². The van der Waals surface area contributed by atoms with Gasteiger partial charge in [0, 0.05) is 0 Å². The molecule has 1 amide bonds. The lowest BCUT2D eigenvalue weighted by Gasteiger charge is -2.13. The number of carbonyl (C=O) groups is 1. The van der Waals surface area contributed by atoms with Gasteiger partial charge in [-0.25, -0.2) is 8.78 Å². The molecule has 0 radical (unpaired) electrons. The van der Waals surface area contributed by atoms with Gasteiger partial charge >= 0.3 is 6.01 Å². The molecular formula is C19H15F2N3O2. The number of halogens is 2. The minimum absolute atomic E-state index is 0.112. The van der Waals surface area contributed by atoms with Crippen LogP contribution >= 0.6 is 0 Å². The van der Waals surface area contributed by atoms with Crippen molar-refractivity contribution in [2.45, 2.75) is 13.8 Å². The van der Waals surface area contributed by atoms with Crippen LogP contribution in [0.3, 0.4) is 0 Å². The van der Waals surface area contributed by atoms with E-state index < -0.39 is 23.1 Å². The van der Waals surface area contributed by atoms with Crippen LogP contribution in [0.4, 0.5) is 14.5 Å². The van der Waals surface area contributed by atoms with Gasteiger partial charge in [-0.3, -0.25) is 4.79 Å². The Kier molecular flexibility index (Phi) is 4.88. The molecule has 0 saturated carbocycles. The highest BCUT2D eigenvalue weighted by Gasteiger charge is 2.20. The molecule has 0 spiro atoms. The van der Waals surface area contributed by atoms with E-state index in [-0.39, 0.29) is 11.7 Å². The fourth-order valence-corrected chi connectivity index (χ4v) is 2.40. The van der Waals surface area contributed by atoms with Crippen molar-refractivity contribution in [3.05, 3.63) is 77.1 Å². The smallest absolute Gasteiger partial charge is 0.322 e. The van der Waals surface area contributed by atoms with E-state index in [0.717, 1.165) is 12.1 Å². The van der Waals surface area contributed by atoms with E-state index in [1.54, 1.807) is 26.0 Å². The molecule has 0 fully saturated rings. The first-order valence-electron chi connectivity index (χ1n) is 7.79. The predicted octanol–water partition coefficient (Wildman–Crippen LogP) is 4.42. The van der Waals surface area contributed by atoms with Crippen LogP contribution in [-0.2, 0) is 0 Å². The highest BCUT2D eigenvalue weighted by Crippen LogP contribution is 2.24. The number of anilines is 1. The number of hydrogen-bond acceptors (Lipinski definition) is 4. The lowest BCUT2D eigenvalue weighted by molar-refractivity contribution is 0.101. The summed E-state index contributed by atoms with van der Waals surface area (Å²) in [5.41, 5.74) is 0.441. The summed E-state index contributed by atoms with van der Waals surface area (Å²) in [5.74, 6) is -2.23. The Labute approximate surface area is 148 Å². The molecule has 0 bridgehead atoms. The molecule has 3 aromatic rings. The van der Waals surface area contributed by atoms with E-state index in [9.17, 15) is 13.6 Å². The summed E-state index contributed by atoms with van der Waals surface area (Å²) in [6.45, 7) is 3.28. The van der Waals surface area contributed by atoms with Gasteiger partial charge in [0.1, 0.15) is 22.9 Å². The number of ether oxygens (including phenoxy) is 1. The van der Waals surface area contributed by atoms with Crippen molar-refractivity contribution < 1.29 is 18.3 Å². The zero-order valence-electron chi connectivity index (χ0n) is 14.1. The third-order valence-electron chi connectivity index (χ3n) is 3.63. The molecule has 1 heterocycles. The number of carbonyl (C=O) groups excluding carboxylic acids is 1. The summed E-state index contributed by atoms with van der Waals surface area (Å²) >= 11 is 0. The molecule has 132 valence electrons. The Morgan fingerprint density at radius 2 is 1.50 bits per heavy atom. The quantitative estimate of drug-likeness (QED) is 0.753. The Bertz CT molecular complexity index is 919. The van der Waals surface area contributed by atoms with E-state index in [1.807, 2.05) is 18.2 Å². The minimum Gasteiger partial charge on any atom is -0.424 e. The predicted molar refractivity (Wildman–Crippen MR) is 92.3 cm³/mol. The lowest BCUT2D eigenvalue weighted by atomic mass is 10.1. The third-order valence-corrected chi connectivity index (χ3v) is 3.63. The van der Waals surface area contributed by atoms with E-state index in [4.69, 9.17) is 4.74 Å². The van der Waals surface area contributed by atoms with Gasteiger partial charge in [0.2, 0.25) is 0 Å². The van der Waals surface area contributed by atoms with Crippen LogP contribution in [0.5, 0.6) is 11.8 Å². The van der Waals surface area contributed by atoms with Gasteiger partial charge in [0.05, 0.1) is 17.1 Å². The second kappa shape index (κ2) is 7.26. The second-order valence-electron chi connectivity index (χ2n) is 5.52. The first-order valence-corrected chi connectivity index (χ1v) is 7.79. The molecule has 7 heteroatoms. The lowest BCUT2D eigenvalue weighted by Crippen LogP contribution is -2.18. The molecule has 0 atom stereocenters. The van der Waals surface area contributed by atoms with E-state index in [2.05, 4.69) is 15.3 Å². The molecule has 1 N–H and O–H groups in total. The maximum Gasteiger partial charge on any atom is 0.322 e. The van der Waals surface area contributed by atoms with Crippen LogP contribution in [0.2, 0.25) is 0 Å². The number of hydrogen-bond donors (Lipinski definition) is 1. The van der Waals surface area contributed by atoms with Crippen molar-refractivity contribution in [1.82, 2.24) is 9.97 Å². The van der Waals surface area contributed by atoms with Crippen molar-refractivity contribution >= 4 is 11.6 Å². The van der Waals surface area contributed by atoms with Crippen LogP contribution in [0.1, 0.15) is 21.7 Å². The van der Waals surface area contributed by atoms with Crippen LogP contribution in [0.15, 0.2) is 48.5 Å². The van der Waals surface area contributed by atoms with Crippen molar-refractivity contribution in [3.63, 3.8) is 0 Å². The molecular weight excluding hydrogens is 340 g/mol. The molecule has 1 aromatic heterocycles. The first-order chi connectivity index (χ1) is 12.5. The van der Waals surface area contributed by atoms with Gasteiger partial charge < -0.3 is 10.1 Å². The summed E-state index contributed by atoms with van der Waals surface area (Å²) in [7, 11) is 0. The van der Waals surface area contributed by atoms with Crippen LogP contribution in [0.25, 0.3) is 0 Å². The van der Waals surface area contributed by atoms with Crippen molar-refractivity contribution in [3.8, 4) is 11.8 Å². The number of aromatic nitrogens is 2. The average molecular weight is 355 g/mol. The van der Waals surface area contributed by atoms with Crippen molar-refractivity contribution in [2.24, 2.45) is 0 Å². The molecule has 0 aliphatic rings. The van der Waals surface area contributed by atoms with E-state index in [0.29, 0.717) is 17.1 Å². The molecule has 0 aliphatic carbocycles. The maximum atomic E-state index is 13.8. The summed E-state index contributed by atoms with van der Waals surface area (Å²) < 4.78 is 33.1. The number of amides is 1. The number of benzene rings is 2.